The summed E-state index contributed by atoms with van der Waals surface area (Å²) >= 11 is 0. The lowest BCUT2D eigenvalue weighted by atomic mass is 10.3. The molecule has 0 aliphatic rings. The van der Waals surface area contributed by atoms with Crippen molar-refractivity contribution >= 4 is 5.97 Å². The van der Waals surface area contributed by atoms with Crippen LogP contribution >= 0.6 is 0 Å². The Hall–Kier alpha value is -2.37. The number of esters is 1. The van der Waals surface area contributed by atoms with E-state index in [2.05, 4.69) is 10.3 Å². The van der Waals surface area contributed by atoms with E-state index < -0.39 is 5.97 Å². The van der Waals surface area contributed by atoms with Gasteiger partial charge in [0, 0.05) is 0 Å². The lowest BCUT2D eigenvalue weighted by molar-refractivity contribution is 0.0519. The van der Waals surface area contributed by atoms with Gasteiger partial charge in [0.15, 0.2) is 5.69 Å². The fraction of sp³-hybridized carbons (Fsp3) is 0.250. The maximum absolute atomic E-state index is 11.5. The minimum Gasteiger partial charge on any atom is -0.494 e. The Bertz CT molecular complexity index is 551. The summed E-state index contributed by atoms with van der Waals surface area (Å²) in [5, 5.41) is 7.65. The summed E-state index contributed by atoms with van der Waals surface area (Å²) in [5.41, 5.74) is 0.880. The van der Waals surface area contributed by atoms with Gasteiger partial charge >= 0.3 is 5.97 Å². The Labute approximate surface area is 104 Å². The molecule has 0 atom stereocenters. The van der Waals surface area contributed by atoms with Crippen molar-refractivity contribution < 1.29 is 14.3 Å². The topological polar surface area (TPSA) is 66.2 Å². The van der Waals surface area contributed by atoms with Crippen LogP contribution in [0.2, 0.25) is 0 Å². The van der Waals surface area contributed by atoms with Gasteiger partial charge in [0.2, 0.25) is 0 Å². The minimum atomic E-state index is -0.487. The predicted molar refractivity (Wildman–Crippen MR) is 63.9 cm³/mol. The molecule has 18 heavy (non-hydrogen) atoms. The average Bonchev–Trinajstić information content (AvgIpc) is 2.88. The molecular formula is C12H13N3O3. The third-order valence-electron chi connectivity index (χ3n) is 2.31. The van der Waals surface area contributed by atoms with Gasteiger partial charge < -0.3 is 9.47 Å². The first-order valence-electron chi connectivity index (χ1n) is 5.49. The molecule has 2 rings (SSSR count). The van der Waals surface area contributed by atoms with Crippen LogP contribution in [0, 0.1) is 0 Å². The number of aromatic nitrogens is 3. The molecule has 2 aromatic rings. The zero-order chi connectivity index (χ0) is 13.0. The van der Waals surface area contributed by atoms with Gasteiger partial charge in [-0.2, -0.15) is 0 Å². The van der Waals surface area contributed by atoms with Gasteiger partial charge in [-0.25, -0.2) is 9.48 Å². The smallest absolute Gasteiger partial charge is 0.360 e. The van der Waals surface area contributed by atoms with Crippen LogP contribution in [-0.2, 0) is 4.74 Å². The summed E-state index contributed by atoms with van der Waals surface area (Å²) < 4.78 is 11.5. The molecule has 0 spiro atoms. The maximum atomic E-state index is 11.5. The van der Waals surface area contributed by atoms with Crippen LogP contribution < -0.4 is 4.74 Å². The van der Waals surface area contributed by atoms with Crippen LogP contribution in [-0.4, -0.2) is 34.7 Å². The lowest BCUT2D eigenvalue weighted by Gasteiger charge is -2.06. The molecule has 0 unspecified atom stereocenters. The van der Waals surface area contributed by atoms with Crippen molar-refractivity contribution in [2.24, 2.45) is 0 Å². The molecule has 0 N–H and O–H groups in total. The zero-order valence-corrected chi connectivity index (χ0v) is 10.2. The lowest BCUT2D eigenvalue weighted by Crippen LogP contribution is -2.04. The summed E-state index contributed by atoms with van der Waals surface area (Å²) in [7, 11) is 1.57. The van der Waals surface area contributed by atoms with Crippen molar-refractivity contribution in [1.29, 1.82) is 0 Å². The second kappa shape index (κ2) is 5.31. The number of carbonyl (C=O) groups excluding carboxylic acids is 1. The third-order valence-corrected chi connectivity index (χ3v) is 2.31. The second-order valence-corrected chi connectivity index (χ2v) is 3.44. The zero-order valence-electron chi connectivity index (χ0n) is 10.2. The normalized spacial score (nSPS) is 10.1. The van der Waals surface area contributed by atoms with Gasteiger partial charge in [0.05, 0.1) is 19.9 Å². The van der Waals surface area contributed by atoms with Crippen molar-refractivity contribution in [2.75, 3.05) is 13.7 Å². The first-order valence-corrected chi connectivity index (χ1v) is 5.49. The fourth-order valence-electron chi connectivity index (χ4n) is 1.50. The highest BCUT2D eigenvalue weighted by Gasteiger charge is 2.13. The summed E-state index contributed by atoms with van der Waals surface area (Å²) in [6.45, 7) is 2.04. The molecule has 0 aliphatic carbocycles. The number of para-hydroxylation sites is 2. The largest absolute Gasteiger partial charge is 0.494 e. The molecule has 0 radical (unpaired) electrons. The van der Waals surface area contributed by atoms with E-state index in [1.165, 1.54) is 10.9 Å². The SMILES string of the molecule is CCOC(=O)c1cn(-c2ccccc2OC)nn1. The number of nitrogens with zero attached hydrogens (tertiary/aromatic N) is 3. The van der Waals surface area contributed by atoms with Crippen LogP contribution in [0.15, 0.2) is 30.5 Å². The summed E-state index contributed by atoms with van der Waals surface area (Å²) in [5.74, 6) is 0.163. The molecule has 0 aliphatic heterocycles. The first kappa shape index (κ1) is 12.1. The average molecular weight is 247 g/mol. The molecule has 0 saturated heterocycles. The Morgan fingerprint density at radius 1 is 1.39 bits per heavy atom. The summed E-state index contributed by atoms with van der Waals surface area (Å²) in [4.78, 5) is 11.5. The standard InChI is InChI=1S/C12H13N3O3/c1-3-18-12(16)9-8-15(14-13-9)10-6-4-5-7-11(10)17-2/h4-8H,3H2,1-2H3. The summed E-state index contributed by atoms with van der Waals surface area (Å²) in [6, 6.07) is 7.33. The van der Waals surface area contributed by atoms with E-state index in [0.29, 0.717) is 18.0 Å². The highest BCUT2D eigenvalue weighted by Crippen LogP contribution is 2.21. The van der Waals surface area contributed by atoms with E-state index in [-0.39, 0.29) is 5.69 Å². The number of benzene rings is 1. The van der Waals surface area contributed by atoms with Crippen LogP contribution in [0.5, 0.6) is 5.75 Å². The molecule has 6 nitrogen and oxygen atoms in total. The monoisotopic (exact) mass is 247 g/mol. The van der Waals surface area contributed by atoms with E-state index in [1.54, 1.807) is 20.1 Å². The van der Waals surface area contributed by atoms with Gasteiger partial charge in [0.1, 0.15) is 11.4 Å². The number of ether oxygens (including phenoxy) is 2. The molecule has 1 aromatic carbocycles. The van der Waals surface area contributed by atoms with Crippen molar-refractivity contribution in [1.82, 2.24) is 15.0 Å². The molecule has 0 saturated carbocycles. The molecule has 1 heterocycles. The number of methoxy groups -OCH3 is 1. The van der Waals surface area contributed by atoms with Crippen molar-refractivity contribution in [2.45, 2.75) is 6.92 Å². The number of rotatable bonds is 4. The Morgan fingerprint density at radius 3 is 2.89 bits per heavy atom. The quantitative estimate of drug-likeness (QED) is 0.765. The minimum absolute atomic E-state index is 0.169. The van der Waals surface area contributed by atoms with Crippen molar-refractivity contribution in [3.8, 4) is 11.4 Å². The van der Waals surface area contributed by atoms with Crippen LogP contribution in [0.25, 0.3) is 5.69 Å². The van der Waals surface area contributed by atoms with Crippen molar-refractivity contribution in [3.05, 3.63) is 36.2 Å². The van der Waals surface area contributed by atoms with Gasteiger partial charge in [-0.15, -0.1) is 5.10 Å². The highest BCUT2D eigenvalue weighted by atomic mass is 16.5. The van der Waals surface area contributed by atoms with Gasteiger partial charge in [-0.1, -0.05) is 17.3 Å². The van der Waals surface area contributed by atoms with Gasteiger partial charge in [0.25, 0.3) is 0 Å². The van der Waals surface area contributed by atoms with Crippen LogP contribution in [0.3, 0.4) is 0 Å². The second-order valence-electron chi connectivity index (χ2n) is 3.44. The van der Waals surface area contributed by atoms with E-state index in [4.69, 9.17) is 9.47 Å². The first-order chi connectivity index (χ1) is 8.76. The van der Waals surface area contributed by atoms with Gasteiger partial charge in [-0.05, 0) is 19.1 Å². The Morgan fingerprint density at radius 2 is 2.17 bits per heavy atom. The molecule has 0 fully saturated rings. The third kappa shape index (κ3) is 2.32. The van der Waals surface area contributed by atoms with Crippen LogP contribution in [0.1, 0.15) is 17.4 Å². The van der Waals surface area contributed by atoms with Crippen molar-refractivity contribution in [3.63, 3.8) is 0 Å². The fourth-order valence-corrected chi connectivity index (χ4v) is 1.50. The molecular weight excluding hydrogens is 234 g/mol. The van der Waals surface area contributed by atoms with Gasteiger partial charge in [-0.3, -0.25) is 0 Å². The number of carbonyl (C=O) groups is 1. The predicted octanol–water partition coefficient (Wildman–Crippen LogP) is 1.45. The Kier molecular flexibility index (Phi) is 3.57. The molecule has 6 heteroatoms. The van der Waals surface area contributed by atoms with E-state index in [0.717, 1.165) is 0 Å². The Balaban J connectivity index is 2.32. The highest BCUT2D eigenvalue weighted by molar-refractivity contribution is 5.86. The van der Waals surface area contributed by atoms with E-state index in [1.807, 2.05) is 18.2 Å². The van der Waals surface area contributed by atoms with E-state index in [9.17, 15) is 4.79 Å². The maximum Gasteiger partial charge on any atom is 0.360 e. The molecule has 0 bridgehead atoms. The number of hydrogen-bond donors (Lipinski definition) is 0. The molecule has 1 aromatic heterocycles. The summed E-state index contributed by atoms with van der Waals surface area (Å²) in [6.07, 6.45) is 1.51. The van der Waals surface area contributed by atoms with E-state index >= 15 is 0 Å². The molecule has 94 valence electrons. The number of hydrogen-bond acceptors (Lipinski definition) is 5. The van der Waals surface area contributed by atoms with Crippen LogP contribution in [0.4, 0.5) is 0 Å². The molecule has 0 amide bonds.